The summed E-state index contributed by atoms with van der Waals surface area (Å²) in [5.41, 5.74) is -9.60. The normalized spacial score (nSPS) is 18.8. The Hall–Kier alpha value is -1.52. The van der Waals surface area contributed by atoms with E-state index in [9.17, 15) is 41.0 Å². The molecule has 0 saturated heterocycles. The summed E-state index contributed by atoms with van der Waals surface area (Å²) in [5.74, 6) is -1.90. The Bertz CT molecular complexity index is 896. The van der Waals surface area contributed by atoms with E-state index in [2.05, 4.69) is 0 Å². The highest BCUT2D eigenvalue weighted by Crippen LogP contribution is 2.55. The topological polar surface area (TPSA) is 72.8 Å². The van der Waals surface area contributed by atoms with Crippen molar-refractivity contribution in [2.45, 2.75) is 146 Å². The summed E-state index contributed by atoms with van der Waals surface area (Å²) in [4.78, 5) is 27.1. The summed E-state index contributed by atoms with van der Waals surface area (Å²) in [5, 5.41) is 9.63. The minimum absolute atomic E-state index is 0.154. The third-order valence-electron chi connectivity index (χ3n) is 8.69. The molecule has 0 aliphatic carbocycles. The van der Waals surface area contributed by atoms with Crippen LogP contribution in [-0.4, -0.2) is 46.7 Å². The molecular weight excluding hydrogens is 554 g/mol. The Balaban J connectivity index is 6.53. The van der Waals surface area contributed by atoms with Gasteiger partial charge >= 0.3 is 24.3 Å². The van der Waals surface area contributed by atoms with Crippen LogP contribution in [0.25, 0.3) is 0 Å². The van der Waals surface area contributed by atoms with Crippen LogP contribution < -0.4 is 0 Å². The fourth-order valence-electron chi connectivity index (χ4n) is 5.17. The Morgan fingerprint density at radius 3 is 1.44 bits per heavy atom. The molecule has 5 nitrogen and oxygen atoms in total. The number of aliphatic hydroxyl groups is 1. The molecule has 0 aliphatic heterocycles. The van der Waals surface area contributed by atoms with Crippen molar-refractivity contribution in [1.82, 2.24) is 0 Å². The predicted octanol–water partition coefficient (Wildman–Crippen LogP) is 8.66. The highest BCUT2D eigenvalue weighted by Gasteiger charge is 2.70. The zero-order chi connectivity index (χ0) is 33.4. The van der Waals surface area contributed by atoms with Crippen molar-refractivity contribution in [2.24, 2.45) is 33.5 Å². The molecule has 244 valence electrons. The molecule has 0 heterocycles. The highest BCUT2D eigenvalue weighted by molar-refractivity contribution is 5.78. The Labute approximate surface area is 242 Å². The molecule has 1 N–H and O–H groups in total. The molecule has 4 unspecified atom stereocenters. The molecule has 0 amide bonds. The smallest absolute Gasteiger partial charge is 0.426 e. The van der Waals surface area contributed by atoms with Gasteiger partial charge in [0, 0.05) is 6.42 Å². The van der Waals surface area contributed by atoms with Gasteiger partial charge in [0.25, 0.3) is 5.60 Å². The molecule has 0 radical (unpaired) electrons. The van der Waals surface area contributed by atoms with Crippen molar-refractivity contribution in [2.75, 3.05) is 0 Å². The predicted molar refractivity (Wildman–Crippen MR) is 146 cm³/mol. The lowest BCUT2D eigenvalue weighted by Crippen LogP contribution is -2.58. The molecule has 0 aromatic rings. The summed E-state index contributed by atoms with van der Waals surface area (Å²) in [6, 6.07) is 0. The maximum atomic E-state index is 13.8. The van der Waals surface area contributed by atoms with Crippen LogP contribution in [0.3, 0.4) is 0 Å². The van der Waals surface area contributed by atoms with Gasteiger partial charge in [-0.05, 0) is 77.0 Å². The lowest BCUT2D eigenvalue weighted by molar-refractivity contribution is -0.373. The van der Waals surface area contributed by atoms with Crippen molar-refractivity contribution in [3.05, 3.63) is 0 Å². The number of esters is 2. The average molecular weight is 607 g/mol. The van der Waals surface area contributed by atoms with Gasteiger partial charge in [-0.1, -0.05) is 55.4 Å². The van der Waals surface area contributed by atoms with Gasteiger partial charge in [-0.25, -0.2) is 0 Å². The van der Waals surface area contributed by atoms with Gasteiger partial charge in [0.05, 0.1) is 10.8 Å². The van der Waals surface area contributed by atoms with Crippen LogP contribution in [-0.2, 0) is 19.1 Å². The van der Waals surface area contributed by atoms with E-state index in [0.29, 0.717) is 0 Å². The standard InChI is InChI=1S/C30H52F6O5/c1-18(2)26(13,21(37)41-24(8,9)10)15-19(3)25(11,12)27(14,17-23(5,6)7)22(38)40-20(4)16-28(39,29(31,32)33)30(34,35)36/h18-20,39H,15-17H2,1-14H3. The summed E-state index contributed by atoms with van der Waals surface area (Å²) >= 11 is 0. The summed E-state index contributed by atoms with van der Waals surface area (Å²) in [7, 11) is 0. The van der Waals surface area contributed by atoms with Crippen LogP contribution in [0.2, 0.25) is 0 Å². The second-order valence-electron chi connectivity index (χ2n) is 15.2. The number of rotatable bonds is 11. The molecule has 0 aromatic heterocycles. The van der Waals surface area contributed by atoms with Crippen LogP contribution in [0.5, 0.6) is 0 Å². The molecule has 0 aliphatic rings. The summed E-state index contributed by atoms with van der Waals surface area (Å²) < 4.78 is 90.7. The zero-order valence-corrected chi connectivity index (χ0v) is 27.2. The maximum Gasteiger partial charge on any atom is 0.426 e. The largest absolute Gasteiger partial charge is 0.462 e. The van der Waals surface area contributed by atoms with E-state index in [-0.39, 0.29) is 24.7 Å². The molecule has 11 heteroatoms. The van der Waals surface area contributed by atoms with Crippen LogP contribution in [0, 0.1) is 33.5 Å². The SMILES string of the molecule is CC(CC(O)(C(F)(F)F)C(F)(F)F)OC(=O)C(C)(CC(C)(C)C)C(C)(C)C(C)CC(C)(C(=O)OC(C)(C)C)C(C)C. The first-order valence-electron chi connectivity index (χ1n) is 14.0. The van der Waals surface area contributed by atoms with E-state index in [1.165, 1.54) is 0 Å². The number of hydrogen-bond acceptors (Lipinski definition) is 5. The fraction of sp³-hybridized carbons (Fsp3) is 0.933. The van der Waals surface area contributed by atoms with E-state index in [4.69, 9.17) is 9.47 Å². The first kappa shape index (κ1) is 39.5. The molecule has 0 fully saturated rings. The van der Waals surface area contributed by atoms with E-state index in [1.807, 2.05) is 41.5 Å². The molecule has 4 atom stereocenters. The Morgan fingerprint density at radius 1 is 0.707 bits per heavy atom. The van der Waals surface area contributed by atoms with Crippen molar-refractivity contribution >= 4 is 11.9 Å². The number of carbonyl (C=O) groups excluding carboxylic acids is 2. The second-order valence-corrected chi connectivity index (χ2v) is 15.2. The van der Waals surface area contributed by atoms with E-state index in [1.54, 1.807) is 48.5 Å². The Morgan fingerprint density at radius 2 is 1.12 bits per heavy atom. The number of halogens is 6. The van der Waals surface area contributed by atoms with Gasteiger partial charge < -0.3 is 14.6 Å². The molecule has 0 aromatic carbocycles. The van der Waals surface area contributed by atoms with Crippen molar-refractivity contribution in [3.63, 3.8) is 0 Å². The molecule has 41 heavy (non-hydrogen) atoms. The molecule has 0 saturated carbocycles. The van der Waals surface area contributed by atoms with Gasteiger partial charge in [0.1, 0.15) is 11.7 Å². The van der Waals surface area contributed by atoms with Crippen LogP contribution in [0.1, 0.15) is 116 Å². The molecular formula is C30H52F6O5. The number of ether oxygens (including phenoxy) is 2. The first-order chi connectivity index (χ1) is 17.7. The van der Waals surface area contributed by atoms with Gasteiger partial charge in [-0.15, -0.1) is 0 Å². The Kier molecular flexibility index (Phi) is 11.8. The number of alkyl halides is 6. The van der Waals surface area contributed by atoms with E-state index < -0.39 is 69.7 Å². The molecule has 0 bridgehead atoms. The summed E-state index contributed by atoms with van der Waals surface area (Å²) in [6.45, 7) is 24.3. The minimum Gasteiger partial charge on any atom is -0.462 e. The van der Waals surface area contributed by atoms with Crippen LogP contribution in [0.15, 0.2) is 0 Å². The lowest BCUT2D eigenvalue weighted by atomic mass is 9.53. The van der Waals surface area contributed by atoms with Gasteiger partial charge in [0.15, 0.2) is 0 Å². The zero-order valence-electron chi connectivity index (χ0n) is 27.2. The average Bonchev–Trinajstić information content (AvgIpc) is 2.68. The number of hydrogen-bond donors (Lipinski definition) is 1. The van der Waals surface area contributed by atoms with Gasteiger partial charge in [-0.2, -0.15) is 26.3 Å². The second kappa shape index (κ2) is 12.2. The fourth-order valence-corrected chi connectivity index (χ4v) is 5.17. The third-order valence-corrected chi connectivity index (χ3v) is 8.69. The van der Waals surface area contributed by atoms with E-state index >= 15 is 0 Å². The third kappa shape index (κ3) is 9.23. The number of carbonyl (C=O) groups is 2. The van der Waals surface area contributed by atoms with Gasteiger partial charge in [0.2, 0.25) is 0 Å². The lowest BCUT2D eigenvalue weighted by Gasteiger charge is -2.51. The summed E-state index contributed by atoms with van der Waals surface area (Å²) in [6.07, 6.45) is -15.4. The van der Waals surface area contributed by atoms with E-state index in [0.717, 1.165) is 6.92 Å². The van der Waals surface area contributed by atoms with Crippen molar-refractivity contribution in [3.8, 4) is 0 Å². The quantitative estimate of drug-likeness (QED) is 0.188. The molecule has 0 spiro atoms. The van der Waals surface area contributed by atoms with Gasteiger partial charge in [-0.3, -0.25) is 9.59 Å². The molecule has 0 rings (SSSR count). The monoisotopic (exact) mass is 606 g/mol. The first-order valence-corrected chi connectivity index (χ1v) is 14.0. The van der Waals surface area contributed by atoms with Crippen LogP contribution in [0.4, 0.5) is 26.3 Å². The maximum absolute atomic E-state index is 13.8. The highest BCUT2D eigenvalue weighted by atomic mass is 19.4. The van der Waals surface area contributed by atoms with Crippen molar-refractivity contribution < 1.29 is 50.5 Å². The van der Waals surface area contributed by atoms with Crippen LogP contribution >= 0.6 is 0 Å². The van der Waals surface area contributed by atoms with Crippen molar-refractivity contribution in [1.29, 1.82) is 0 Å². The minimum atomic E-state index is -6.03.